The monoisotopic (exact) mass is 436 g/mol. The first-order chi connectivity index (χ1) is 14.8. The molecular formula is C24H24N2O4S. The molecule has 0 fully saturated rings. The zero-order chi connectivity index (χ0) is 21.9. The molecule has 1 atom stereocenters. The Balaban J connectivity index is 1.65. The lowest BCUT2D eigenvalue weighted by atomic mass is 9.72. The molecule has 1 aliphatic carbocycles. The van der Waals surface area contributed by atoms with Crippen molar-refractivity contribution in [2.24, 2.45) is 11.3 Å². The van der Waals surface area contributed by atoms with E-state index in [0.717, 1.165) is 24.8 Å². The molecular weight excluding hydrogens is 412 g/mol. The minimum absolute atomic E-state index is 0.197. The molecule has 1 aliphatic rings. The fourth-order valence-corrected chi connectivity index (χ4v) is 5.79. The van der Waals surface area contributed by atoms with Crippen molar-refractivity contribution in [3.05, 3.63) is 55.5 Å². The van der Waals surface area contributed by atoms with Crippen LogP contribution in [0.3, 0.4) is 0 Å². The van der Waals surface area contributed by atoms with Crippen LogP contribution in [0.1, 0.15) is 37.6 Å². The van der Waals surface area contributed by atoms with Gasteiger partial charge in [0.15, 0.2) is 11.3 Å². The molecule has 0 saturated carbocycles. The van der Waals surface area contributed by atoms with Crippen molar-refractivity contribution in [3.63, 3.8) is 0 Å². The second kappa shape index (κ2) is 7.05. The number of aromatic nitrogens is 2. The Morgan fingerprint density at radius 1 is 1.26 bits per heavy atom. The van der Waals surface area contributed by atoms with Gasteiger partial charge in [0, 0.05) is 10.3 Å². The number of fused-ring (bicyclic) bond motifs is 4. The molecule has 3 aromatic heterocycles. The molecule has 0 aliphatic heterocycles. The number of nitrogens with one attached hydrogen (secondary N) is 1. The highest BCUT2D eigenvalue weighted by Crippen LogP contribution is 2.42. The molecule has 7 heteroatoms. The Kier molecular flexibility index (Phi) is 4.55. The van der Waals surface area contributed by atoms with E-state index in [-0.39, 0.29) is 22.4 Å². The summed E-state index contributed by atoms with van der Waals surface area (Å²) in [5.41, 5.74) is 1.20. The smallest absolute Gasteiger partial charge is 0.347 e. The maximum atomic E-state index is 13.0. The van der Waals surface area contributed by atoms with Crippen LogP contribution in [0.5, 0.6) is 5.75 Å². The molecule has 0 spiro atoms. The van der Waals surface area contributed by atoms with E-state index in [1.807, 2.05) is 12.1 Å². The van der Waals surface area contributed by atoms with Gasteiger partial charge >= 0.3 is 5.63 Å². The van der Waals surface area contributed by atoms with Gasteiger partial charge in [0.1, 0.15) is 16.2 Å². The number of H-pyrrole nitrogens is 1. The Morgan fingerprint density at radius 3 is 2.81 bits per heavy atom. The molecule has 5 rings (SSSR count). The van der Waals surface area contributed by atoms with Crippen LogP contribution in [0.15, 0.2) is 38.3 Å². The largest absolute Gasteiger partial charge is 0.493 e. The fourth-order valence-electron chi connectivity index (χ4n) is 4.49. The number of aryl methyl sites for hydroxylation is 1. The van der Waals surface area contributed by atoms with E-state index in [1.54, 1.807) is 23.5 Å². The number of hydrogen-bond donors (Lipinski definition) is 1. The number of ether oxygens (including phenoxy) is 1. The van der Waals surface area contributed by atoms with Crippen LogP contribution in [0, 0.1) is 11.3 Å². The summed E-state index contributed by atoms with van der Waals surface area (Å²) in [6, 6.07) is 7.08. The van der Waals surface area contributed by atoms with Crippen molar-refractivity contribution in [1.29, 1.82) is 0 Å². The third-order valence-corrected chi connectivity index (χ3v) is 7.49. The Morgan fingerprint density at radius 2 is 2.06 bits per heavy atom. The minimum atomic E-state index is -0.561. The summed E-state index contributed by atoms with van der Waals surface area (Å²) in [5, 5.41) is 1.37. The van der Waals surface area contributed by atoms with Crippen LogP contribution in [-0.4, -0.2) is 17.1 Å². The van der Waals surface area contributed by atoms with E-state index in [0.29, 0.717) is 32.9 Å². The molecule has 1 N–H and O–H groups in total. The number of thiophene rings is 1. The van der Waals surface area contributed by atoms with Crippen molar-refractivity contribution in [2.75, 3.05) is 7.11 Å². The standard InChI is InChI=1S/C24H24N2O4S/c1-24(2,3)13-8-9-14-17(11-13)31-22-18(14)21(27)25-20(26-22)15-10-12-6-5-7-16(29-4)19(12)30-23(15)28/h5-7,10,13H,8-9,11H2,1-4H3,(H,25,26,27). The molecule has 3 heterocycles. The van der Waals surface area contributed by atoms with E-state index in [4.69, 9.17) is 9.15 Å². The van der Waals surface area contributed by atoms with Crippen LogP contribution in [-0.2, 0) is 12.8 Å². The van der Waals surface area contributed by atoms with Gasteiger partial charge in [-0.15, -0.1) is 11.3 Å². The predicted molar refractivity (Wildman–Crippen MR) is 123 cm³/mol. The van der Waals surface area contributed by atoms with E-state index < -0.39 is 5.63 Å². The molecule has 6 nitrogen and oxygen atoms in total. The van der Waals surface area contributed by atoms with Crippen molar-refractivity contribution >= 4 is 32.5 Å². The lowest BCUT2D eigenvalue weighted by Gasteiger charge is -2.33. The van der Waals surface area contributed by atoms with Crippen molar-refractivity contribution < 1.29 is 9.15 Å². The lowest BCUT2D eigenvalue weighted by Crippen LogP contribution is -2.26. The molecule has 0 amide bonds. The number of methoxy groups -OCH3 is 1. The zero-order valence-corrected chi connectivity index (χ0v) is 18.8. The highest BCUT2D eigenvalue weighted by Gasteiger charge is 2.31. The van der Waals surface area contributed by atoms with Gasteiger partial charge in [0.25, 0.3) is 5.56 Å². The number of para-hydroxylation sites is 1. The highest BCUT2D eigenvalue weighted by atomic mass is 32.1. The first-order valence-electron chi connectivity index (χ1n) is 10.4. The summed E-state index contributed by atoms with van der Waals surface area (Å²) >= 11 is 1.57. The molecule has 31 heavy (non-hydrogen) atoms. The second-order valence-electron chi connectivity index (χ2n) is 9.23. The molecule has 1 unspecified atom stereocenters. The van der Waals surface area contributed by atoms with Gasteiger partial charge in [-0.05, 0) is 48.3 Å². The van der Waals surface area contributed by atoms with Crippen LogP contribution < -0.4 is 15.9 Å². The maximum absolute atomic E-state index is 13.0. The molecule has 160 valence electrons. The number of aromatic amines is 1. The summed E-state index contributed by atoms with van der Waals surface area (Å²) in [5.74, 6) is 1.30. The molecule has 0 radical (unpaired) electrons. The number of benzene rings is 1. The maximum Gasteiger partial charge on any atom is 0.347 e. The molecule has 4 aromatic rings. The van der Waals surface area contributed by atoms with Crippen LogP contribution in [0.4, 0.5) is 0 Å². The van der Waals surface area contributed by atoms with Gasteiger partial charge in [-0.2, -0.15) is 0 Å². The highest BCUT2D eigenvalue weighted by molar-refractivity contribution is 7.18. The quantitative estimate of drug-likeness (QED) is 0.451. The Bertz CT molecular complexity index is 1440. The summed E-state index contributed by atoms with van der Waals surface area (Å²) < 4.78 is 10.8. The lowest BCUT2D eigenvalue weighted by molar-refractivity contribution is 0.218. The number of nitrogens with zero attached hydrogens (tertiary/aromatic N) is 1. The van der Waals surface area contributed by atoms with Crippen LogP contribution >= 0.6 is 11.3 Å². The van der Waals surface area contributed by atoms with Gasteiger partial charge in [0.2, 0.25) is 0 Å². The normalized spacial score (nSPS) is 16.6. The minimum Gasteiger partial charge on any atom is -0.493 e. The van der Waals surface area contributed by atoms with Crippen molar-refractivity contribution in [1.82, 2.24) is 9.97 Å². The van der Waals surface area contributed by atoms with Gasteiger partial charge < -0.3 is 14.1 Å². The first-order valence-corrected chi connectivity index (χ1v) is 11.2. The Labute approximate surface area is 182 Å². The van der Waals surface area contributed by atoms with Crippen molar-refractivity contribution in [3.8, 4) is 17.1 Å². The first kappa shape index (κ1) is 20.0. The Hall–Kier alpha value is -2.93. The fraction of sp³-hybridized carbons (Fsp3) is 0.375. The predicted octanol–water partition coefficient (Wildman–Crippen LogP) is 4.92. The summed E-state index contributed by atoms with van der Waals surface area (Å²) in [6.07, 6.45) is 2.92. The average Bonchev–Trinajstić information content (AvgIpc) is 3.10. The third kappa shape index (κ3) is 3.28. The zero-order valence-electron chi connectivity index (χ0n) is 18.0. The van der Waals surface area contributed by atoms with Crippen LogP contribution in [0.25, 0.3) is 32.6 Å². The van der Waals surface area contributed by atoms with E-state index in [2.05, 4.69) is 30.7 Å². The SMILES string of the molecule is COc1cccc2cc(-c3nc4sc5c(c4c(=O)[nH]3)CCC(C(C)(C)C)C5)c(=O)oc12. The van der Waals surface area contributed by atoms with Crippen LogP contribution in [0.2, 0.25) is 0 Å². The van der Waals surface area contributed by atoms with Gasteiger partial charge in [-0.1, -0.05) is 32.9 Å². The van der Waals surface area contributed by atoms with Gasteiger partial charge in [-0.25, -0.2) is 9.78 Å². The molecule has 0 saturated heterocycles. The van der Waals surface area contributed by atoms with E-state index in [9.17, 15) is 9.59 Å². The summed E-state index contributed by atoms with van der Waals surface area (Å²) in [6.45, 7) is 6.81. The van der Waals surface area contributed by atoms with E-state index in [1.165, 1.54) is 12.0 Å². The summed E-state index contributed by atoms with van der Waals surface area (Å²) in [7, 11) is 1.53. The number of hydrogen-bond acceptors (Lipinski definition) is 6. The van der Waals surface area contributed by atoms with Gasteiger partial charge in [-0.3, -0.25) is 4.79 Å². The topological polar surface area (TPSA) is 85.2 Å². The summed E-state index contributed by atoms with van der Waals surface area (Å²) in [4.78, 5) is 35.2. The van der Waals surface area contributed by atoms with E-state index >= 15 is 0 Å². The third-order valence-electron chi connectivity index (χ3n) is 6.34. The van der Waals surface area contributed by atoms with Gasteiger partial charge in [0.05, 0.1) is 12.5 Å². The van der Waals surface area contributed by atoms with Crippen molar-refractivity contribution in [2.45, 2.75) is 40.0 Å². The molecule has 1 aromatic carbocycles. The second-order valence-corrected chi connectivity index (χ2v) is 10.3. The number of rotatable bonds is 2. The molecule has 0 bridgehead atoms. The average molecular weight is 437 g/mol.